The predicted molar refractivity (Wildman–Crippen MR) is 119 cm³/mol. The molecule has 1 fully saturated rings. The molecular formula is C23H22F3N5O2. The van der Waals surface area contributed by atoms with Gasteiger partial charge in [0.25, 0.3) is 0 Å². The summed E-state index contributed by atoms with van der Waals surface area (Å²) in [7, 11) is 0. The van der Waals surface area contributed by atoms with Gasteiger partial charge in [0.1, 0.15) is 5.82 Å². The van der Waals surface area contributed by atoms with Gasteiger partial charge in [0.05, 0.1) is 18.8 Å². The highest BCUT2D eigenvalue weighted by Gasteiger charge is 2.30. The molecule has 0 saturated carbocycles. The van der Waals surface area contributed by atoms with E-state index < -0.39 is 17.8 Å². The first-order chi connectivity index (χ1) is 15.8. The van der Waals surface area contributed by atoms with Crippen molar-refractivity contribution in [3.05, 3.63) is 65.9 Å². The average molecular weight is 457 g/mol. The van der Waals surface area contributed by atoms with Crippen molar-refractivity contribution in [2.75, 3.05) is 41.8 Å². The van der Waals surface area contributed by atoms with Crippen LogP contribution in [-0.4, -0.2) is 42.3 Å². The van der Waals surface area contributed by atoms with E-state index in [0.717, 1.165) is 42.2 Å². The molecule has 1 aliphatic rings. The molecule has 0 radical (unpaired) electrons. The number of hydrogen-bond acceptors (Lipinski definition) is 5. The fraction of sp³-hybridized carbons (Fsp3) is 0.261. The zero-order chi connectivity index (χ0) is 23.4. The first kappa shape index (κ1) is 22.5. The lowest BCUT2D eigenvalue weighted by Gasteiger charge is -2.29. The summed E-state index contributed by atoms with van der Waals surface area (Å²) in [5, 5.41) is 5.01. The molecule has 1 saturated heterocycles. The fourth-order valence-corrected chi connectivity index (χ4v) is 3.44. The second-order valence-electron chi connectivity index (χ2n) is 7.53. The summed E-state index contributed by atoms with van der Waals surface area (Å²) in [6.45, 7) is 4.80. The molecule has 0 spiro atoms. The molecule has 1 aromatic heterocycles. The third kappa shape index (κ3) is 5.58. The van der Waals surface area contributed by atoms with E-state index in [1.54, 1.807) is 30.5 Å². The molecule has 0 bridgehead atoms. The first-order valence-electron chi connectivity index (χ1n) is 10.3. The van der Waals surface area contributed by atoms with E-state index in [0.29, 0.717) is 24.7 Å². The van der Waals surface area contributed by atoms with Crippen molar-refractivity contribution >= 4 is 23.2 Å². The second-order valence-corrected chi connectivity index (χ2v) is 7.53. The van der Waals surface area contributed by atoms with E-state index in [-0.39, 0.29) is 5.69 Å². The Morgan fingerprint density at radius 3 is 2.42 bits per heavy atom. The monoisotopic (exact) mass is 457 g/mol. The number of amides is 2. The number of morpholine rings is 1. The molecule has 0 aliphatic carbocycles. The first-order valence-corrected chi connectivity index (χ1v) is 10.3. The third-order valence-corrected chi connectivity index (χ3v) is 5.10. The van der Waals surface area contributed by atoms with Gasteiger partial charge in [0.15, 0.2) is 5.82 Å². The number of aryl methyl sites for hydroxylation is 1. The summed E-state index contributed by atoms with van der Waals surface area (Å²) in [5.74, 6) is 1.42. The lowest BCUT2D eigenvalue weighted by Crippen LogP contribution is -2.37. The number of rotatable bonds is 4. The van der Waals surface area contributed by atoms with Crippen LogP contribution in [0.2, 0.25) is 0 Å². The van der Waals surface area contributed by atoms with Gasteiger partial charge in [0, 0.05) is 41.8 Å². The van der Waals surface area contributed by atoms with Crippen molar-refractivity contribution in [2.24, 2.45) is 0 Å². The number of ether oxygens (including phenoxy) is 1. The van der Waals surface area contributed by atoms with Gasteiger partial charge in [-0.15, -0.1) is 0 Å². The minimum absolute atomic E-state index is 0.0441. The lowest BCUT2D eigenvalue weighted by atomic mass is 10.2. The highest BCUT2D eigenvalue weighted by Crippen LogP contribution is 2.30. The number of nitrogens with one attached hydrogen (secondary N) is 2. The van der Waals surface area contributed by atoms with Gasteiger partial charge in [-0.25, -0.2) is 14.8 Å². The van der Waals surface area contributed by atoms with Crippen LogP contribution in [0.15, 0.2) is 54.7 Å². The Morgan fingerprint density at radius 1 is 1.03 bits per heavy atom. The van der Waals surface area contributed by atoms with Crippen LogP contribution in [0.5, 0.6) is 0 Å². The molecular weight excluding hydrogens is 435 g/mol. The molecule has 172 valence electrons. The smallest absolute Gasteiger partial charge is 0.378 e. The fourth-order valence-electron chi connectivity index (χ4n) is 3.44. The van der Waals surface area contributed by atoms with Crippen LogP contribution < -0.4 is 15.5 Å². The lowest BCUT2D eigenvalue weighted by molar-refractivity contribution is -0.137. The second kappa shape index (κ2) is 9.45. The standard InChI is InChI=1S/C23H22F3N5O2/c1-15-14-27-20(30-21(15)31-9-11-33-12-10-31)16-5-7-18(8-6-16)28-22(32)29-19-4-2-3-17(13-19)23(24,25)26/h2-8,13-14H,9-12H2,1H3,(H2,28,29,32). The van der Waals surface area contributed by atoms with E-state index in [1.807, 2.05) is 6.92 Å². The van der Waals surface area contributed by atoms with Crippen LogP contribution in [0.1, 0.15) is 11.1 Å². The molecule has 2 heterocycles. The molecule has 33 heavy (non-hydrogen) atoms. The summed E-state index contributed by atoms with van der Waals surface area (Å²) in [6.07, 6.45) is -2.70. The van der Waals surface area contributed by atoms with Crippen molar-refractivity contribution in [1.29, 1.82) is 0 Å². The maximum Gasteiger partial charge on any atom is 0.416 e. The molecule has 0 unspecified atom stereocenters. The number of alkyl halides is 3. The molecule has 1 aliphatic heterocycles. The van der Waals surface area contributed by atoms with E-state index in [2.05, 4.69) is 20.5 Å². The van der Waals surface area contributed by atoms with Crippen LogP contribution in [0, 0.1) is 6.92 Å². The van der Waals surface area contributed by atoms with Crippen molar-refractivity contribution in [3.63, 3.8) is 0 Å². The van der Waals surface area contributed by atoms with Crippen LogP contribution in [-0.2, 0) is 10.9 Å². The SMILES string of the molecule is Cc1cnc(-c2ccc(NC(=O)Nc3cccc(C(F)(F)F)c3)cc2)nc1N1CCOCC1. The van der Waals surface area contributed by atoms with Crippen LogP contribution >= 0.6 is 0 Å². The quantitative estimate of drug-likeness (QED) is 0.580. The Bertz CT molecular complexity index is 1130. The van der Waals surface area contributed by atoms with Gasteiger partial charge in [0.2, 0.25) is 0 Å². The summed E-state index contributed by atoms with van der Waals surface area (Å²) in [4.78, 5) is 23.5. The van der Waals surface area contributed by atoms with Gasteiger partial charge in [-0.3, -0.25) is 0 Å². The largest absolute Gasteiger partial charge is 0.416 e. The van der Waals surface area contributed by atoms with E-state index >= 15 is 0 Å². The molecule has 3 aromatic rings. The van der Waals surface area contributed by atoms with Gasteiger partial charge in [-0.1, -0.05) is 6.07 Å². The Hall–Kier alpha value is -3.66. The van der Waals surface area contributed by atoms with Crippen molar-refractivity contribution < 1.29 is 22.7 Å². The maximum absolute atomic E-state index is 12.8. The molecule has 0 atom stereocenters. The van der Waals surface area contributed by atoms with E-state index in [1.165, 1.54) is 12.1 Å². The van der Waals surface area contributed by atoms with Crippen LogP contribution in [0.3, 0.4) is 0 Å². The number of carbonyl (C=O) groups excluding carboxylic acids is 1. The number of urea groups is 1. The van der Waals surface area contributed by atoms with Gasteiger partial charge < -0.3 is 20.3 Å². The molecule has 10 heteroatoms. The topological polar surface area (TPSA) is 79.4 Å². The van der Waals surface area contributed by atoms with Crippen LogP contribution in [0.4, 0.5) is 35.2 Å². The number of aromatic nitrogens is 2. The van der Waals surface area contributed by atoms with E-state index in [9.17, 15) is 18.0 Å². The number of benzene rings is 2. The molecule has 7 nitrogen and oxygen atoms in total. The van der Waals surface area contributed by atoms with Gasteiger partial charge >= 0.3 is 12.2 Å². The average Bonchev–Trinajstić information content (AvgIpc) is 2.80. The zero-order valence-corrected chi connectivity index (χ0v) is 17.8. The minimum Gasteiger partial charge on any atom is -0.378 e. The van der Waals surface area contributed by atoms with Gasteiger partial charge in [-0.2, -0.15) is 13.2 Å². The highest BCUT2D eigenvalue weighted by atomic mass is 19.4. The summed E-state index contributed by atoms with van der Waals surface area (Å²) < 4.78 is 43.9. The highest BCUT2D eigenvalue weighted by molar-refractivity contribution is 5.99. The number of hydrogen-bond donors (Lipinski definition) is 2. The van der Waals surface area contributed by atoms with Crippen molar-refractivity contribution in [3.8, 4) is 11.4 Å². The Morgan fingerprint density at radius 2 is 1.73 bits per heavy atom. The summed E-state index contributed by atoms with van der Waals surface area (Å²) in [5.41, 5.74) is 1.43. The Labute approximate surface area is 188 Å². The summed E-state index contributed by atoms with van der Waals surface area (Å²) in [6, 6.07) is 10.7. The number of carbonyl (C=O) groups is 1. The maximum atomic E-state index is 12.8. The van der Waals surface area contributed by atoms with Crippen LogP contribution in [0.25, 0.3) is 11.4 Å². The zero-order valence-electron chi connectivity index (χ0n) is 17.8. The van der Waals surface area contributed by atoms with Crippen molar-refractivity contribution in [2.45, 2.75) is 13.1 Å². The molecule has 2 N–H and O–H groups in total. The minimum atomic E-state index is -4.48. The van der Waals surface area contributed by atoms with E-state index in [4.69, 9.17) is 9.72 Å². The Kier molecular flexibility index (Phi) is 6.45. The Balaban J connectivity index is 1.43. The van der Waals surface area contributed by atoms with Crippen molar-refractivity contribution in [1.82, 2.24) is 9.97 Å². The number of nitrogens with zero attached hydrogens (tertiary/aromatic N) is 3. The summed E-state index contributed by atoms with van der Waals surface area (Å²) >= 11 is 0. The third-order valence-electron chi connectivity index (χ3n) is 5.10. The molecule has 4 rings (SSSR count). The number of halogens is 3. The molecule has 2 aromatic carbocycles. The predicted octanol–water partition coefficient (Wildman–Crippen LogP) is 4.95. The normalized spacial score (nSPS) is 14.1. The number of anilines is 3. The van der Waals surface area contributed by atoms with Gasteiger partial charge in [-0.05, 0) is 49.4 Å². The molecule has 2 amide bonds.